The van der Waals surface area contributed by atoms with Crippen LogP contribution in [0.2, 0.25) is 5.02 Å². The molecule has 0 saturated carbocycles. The van der Waals surface area contributed by atoms with Crippen LogP contribution in [0.3, 0.4) is 0 Å². The zero-order chi connectivity index (χ0) is 19.5. The lowest BCUT2D eigenvalue weighted by atomic mass is 10.1. The molecule has 0 unspecified atom stereocenters. The number of nitrogens with one attached hydrogen (secondary N) is 1. The van der Waals surface area contributed by atoms with Crippen LogP contribution < -0.4 is 10.1 Å². The molecule has 4 nitrogen and oxygen atoms in total. The lowest BCUT2D eigenvalue weighted by molar-refractivity contribution is -0.136. The van der Waals surface area contributed by atoms with Crippen molar-refractivity contribution in [3.05, 3.63) is 70.5 Å². The predicted octanol–water partition coefficient (Wildman–Crippen LogP) is 4.57. The first-order valence-corrected chi connectivity index (χ1v) is 9.19. The molecule has 0 heterocycles. The highest BCUT2D eigenvalue weighted by Crippen LogP contribution is 2.24. The molecule has 2 N–H and O–H groups in total. The number of carbonyl (C=O) groups is 1. The first kappa shape index (κ1) is 20.9. The molecule has 0 bridgehead atoms. The summed E-state index contributed by atoms with van der Waals surface area (Å²) in [5.74, 6) is -0.335. The molecule has 0 fully saturated rings. The van der Waals surface area contributed by atoms with Gasteiger partial charge in [-0.3, -0.25) is 4.79 Å². The van der Waals surface area contributed by atoms with Gasteiger partial charge in [0.2, 0.25) is 0 Å². The molecule has 0 aromatic heterocycles. The third-order valence-electron chi connectivity index (χ3n) is 3.86. The van der Waals surface area contributed by atoms with Gasteiger partial charge in [-0.25, -0.2) is 4.39 Å². The fourth-order valence-electron chi connectivity index (χ4n) is 2.45. The molecule has 0 aliphatic heterocycles. The molecular weight excluding hydrogens is 369 g/mol. The maximum absolute atomic E-state index is 13.5. The first-order valence-electron chi connectivity index (χ1n) is 8.81. The Balaban J connectivity index is 1.73. The third-order valence-corrected chi connectivity index (χ3v) is 4.19. The van der Waals surface area contributed by atoms with Crippen molar-refractivity contribution in [3.63, 3.8) is 0 Å². The highest BCUT2D eigenvalue weighted by Gasteiger charge is 2.03. The van der Waals surface area contributed by atoms with Crippen molar-refractivity contribution in [1.82, 2.24) is 5.32 Å². The summed E-state index contributed by atoms with van der Waals surface area (Å²) in [6, 6.07) is 12.2. The molecule has 0 saturated heterocycles. The molecule has 2 rings (SSSR count). The molecule has 0 aliphatic carbocycles. The number of carboxylic acid groups (broad SMARTS) is 1. The van der Waals surface area contributed by atoms with Crippen molar-refractivity contribution in [2.24, 2.45) is 0 Å². The largest absolute Gasteiger partial charge is 0.494 e. The molecule has 27 heavy (non-hydrogen) atoms. The second kappa shape index (κ2) is 11.4. The molecule has 0 aliphatic rings. The number of aryl methyl sites for hydroxylation is 1. The van der Waals surface area contributed by atoms with E-state index in [-0.39, 0.29) is 12.2 Å². The first-order chi connectivity index (χ1) is 13.1. The van der Waals surface area contributed by atoms with Crippen molar-refractivity contribution >= 4 is 23.6 Å². The number of hydrogen-bond donors (Lipinski definition) is 2. The van der Waals surface area contributed by atoms with Gasteiger partial charge < -0.3 is 15.2 Å². The van der Waals surface area contributed by atoms with Crippen molar-refractivity contribution in [1.29, 1.82) is 0 Å². The summed E-state index contributed by atoms with van der Waals surface area (Å²) in [6.45, 7) is 1.47. The number of rotatable bonds is 11. The number of benzene rings is 2. The second-order valence-corrected chi connectivity index (χ2v) is 6.38. The monoisotopic (exact) mass is 391 g/mol. The summed E-state index contributed by atoms with van der Waals surface area (Å²) in [5.41, 5.74) is 1.55. The highest BCUT2D eigenvalue weighted by atomic mass is 35.5. The van der Waals surface area contributed by atoms with E-state index in [4.69, 9.17) is 21.4 Å². The van der Waals surface area contributed by atoms with Crippen LogP contribution in [-0.2, 0) is 11.2 Å². The van der Waals surface area contributed by atoms with E-state index in [2.05, 4.69) is 5.32 Å². The number of halogens is 2. The maximum atomic E-state index is 13.5. The average molecular weight is 392 g/mol. The molecule has 0 spiro atoms. The van der Waals surface area contributed by atoms with Crippen LogP contribution in [0.25, 0.3) is 6.08 Å². The molecular formula is C21H23ClFNO3. The van der Waals surface area contributed by atoms with Gasteiger partial charge in [0.1, 0.15) is 11.6 Å². The average Bonchev–Trinajstić information content (AvgIpc) is 2.64. The van der Waals surface area contributed by atoms with Crippen LogP contribution in [0.4, 0.5) is 4.39 Å². The Morgan fingerprint density at radius 1 is 1.26 bits per heavy atom. The second-order valence-electron chi connectivity index (χ2n) is 5.98. The maximum Gasteiger partial charge on any atom is 0.304 e. The van der Waals surface area contributed by atoms with Gasteiger partial charge in [-0.1, -0.05) is 42.0 Å². The topological polar surface area (TPSA) is 58.6 Å². The van der Waals surface area contributed by atoms with Crippen molar-refractivity contribution in [2.75, 3.05) is 19.7 Å². The summed E-state index contributed by atoms with van der Waals surface area (Å²) in [4.78, 5) is 10.4. The van der Waals surface area contributed by atoms with Gasteiger partial charge in [0.05, 0.1) is 18.1 Å². The van der Waals surface area contributed by atoms with E-state index in [1.54, 1.807) is 18.2 Å². The van der Waals surface area contributed by atoms with Gasteiger partial charge in [0.25, 0.3) is 0 Å². The molecule has 2 aromatic rings. The molecule has 0 amide bonds. The Morgan fingerprint density at radius 3 is 2.81 bits per heavy atom. The lowest BCUT2D eigenvalue weighted by Crippen LogP contribution is -2.17. The molecule has 0 radical (unpaired) electrons. The quantitative estimate of drug-likeness (QED) is 0.551. The number of carboxylic acids is 1. The van der Waals surface area contributed by atoms with E-state index in [1.165, 1.54) is 6.07 Å². The molecule has 144 valence electrons. The smallest absolute Gasteiger partial charge is 0.304 e. The Labute approximate surface area is 163 Å². The summed E-state index contributed by atoms with van der Waals surface area (Å²) >= 11 is 6.26. The van der Waals surface area contributed by atoms with Gasteiger partial charge in [0, 0.05) is 13.1 Å². The van der Waals surface area contributed by atoms with E-state index in [1.807, 2.05) is 30.4 Å². The van der Waals surface area contributed by atoms with Crippen molar-refractivity contribution < 1.29 is 19.0 Å². The number of ether oxygens (including phenoxy) is 1. The summed E-state index contributed by atoms with van der Waals surface area (Å²) in [7, 11) is 0. The highest BCUT2D eigenvalue weighted by molar-refractivity contribution is 6.32. The number of hydrogen-bond acceptors (Lipinski definition) is 3. The van der Waals surface area contributed by atoms with E-state index in [9.17, 15) is 9.18 Å². The minimum absolute atomic E-state index is 0.0948. The van der Waals surface area contributed by atoms with Crippen LogP contribution in [0.5, 0.6) is 5.75 Å². The third kappa shape index (κ3) is 7.81. The fourth-order valence-corrected chi connectivity index (χ4v) is 2.69. The Morgan fingerprint density at radius 2 is 2.07 bits per heavy atom. The Bertz CT molecular complexity index is 780. The van der Waals surface area contributed by atoms with E-state index < -0.39 is 5.97 Å². The molecule has 2 aromatic carbocycles. The summed E-state index contributed by atoms with van der Waals surface area (Å²) < 4.78 is 19.2. The Hall–Kier alpha value is -2.37. The van der Waals surface area contributed by atoms with Gasteiger partial charge in [-0.05, 0) is 48.2 Å². The van der Waals surface area contributed by atoms with Crippen LogP contribution in [0.1, 0.15) is 24.0 Å². The zero-order valence-electron chi connectivity index (χ0n) is 15.0. The van der Waals surface area contributed by atoms with Crippen LogP contribution in [0, 0.1) is 5.82 Å². The van der Waals surface area contributed by atoms with E-state index >= 15 is 0 Å². The van der Waals surface area contributed by atoms with Gasteiger partial charge in [-0.15, -0.1) is 0 Å². The van der Waals surface area contributed by atoms with Crippen molar-refractivity contribution in [3.8, 4) is 5.75 Å². The fraction of sp³-hybridized carbons (Fsp3) is 0.286. The van der Waals surface area contributed by atoms with Gasteiger partial charge in [0.15, 0.2) is 0 Å². The lowest BCUT2D eigenvalue weighted by Gasteiger charge is -2.08. The summed E-state index contributed by atoms with van der Waals surface area (Å²) in [5, 5.41) is 12.1. The van der Waals surface area contributed by atoms with E-state index in [0.29, 0.717) is 48.9 Å². The minimum Gasteiger partial charge on any atom is -0.494 e. The zero-order valence-corrected chi connectivity index (χ0v) is 15.7. The normalized spacial score (nSPS) is 11.0. The molecule has 0 atom stereocenters. The molecule has 6 heteroatoms. The van der Waals surface area contributed by atoms with Gasteiger partial charge >= 0.3 is 5.97 Å². The van der Waals surface area contributed by atoms with Crippen molar-refractivity contribution in [2.45, 2.75) is 19.3 Å². The SMILES string of the molecule is O=C(O)CCNC/C=C/c1ccc(OCCCc2ccccc2F)cc1Cl. The van der Waals surface area contributed by atoms with Crippen LogP contribution >= 0.6 is 11.6 Å². The van der Waals surface area contributed by atoms with Gasteiger partial charge in [-0.2, -0.15) is 0 Å². The standard InChI is InChI=1S/C21H23ClFNO3/c22-19-15-18(27-14-4-7-17-5-1-2-8-20(17)23)10-9-16(19)6-3-12-24-13-11-21(25)26/h1-3,5-6,8-10,15,24H,4,7,11-14H2,(H,25,26)/b6-3+. The van der Waals surface area contributed by atoms with Crippen LogP contribution in [-0.4, -0.2) is 30.8 Å². The minimum atomic E-state index is -0.820. The summed E-state index contributed by atoms with van der Waals surface area (Å²) in [6.07, 6.45) is 5.19. The van der Waals surface area contributed by atoms with Crippen LogP contribution in [0.15, 0.2) is 48.5 Å². The predicted molar refractivity (Wildman–Crippen MR) is 106 cm³/mol. The van der Waals surface area contributed by atoms with E-state index in [0.717, 1.165) is 5.56 Å². The number of aliphatic carboxylic acids is 1. The Kier molecular flexibility index (Phi) is 8.81.